The number of hydrogen-bond donors (Lipinski definition) is 4. The van der Waals surface area contributed by atoms with Crippen LogP contribution >= 0.6 is 0 Å². The van der Waals surface area contributed by atoms with Crippen molar-refractivity contribution in [1.29, 1.82) is 0 Å². The zero-order chi connectivity index (χ0) is 28.2. The van der Waals surface area contributed by atoms with Crippen molar-refractivity contribution in [2.75, 3.05) is 6.61 Å². The van der Waals surface area contributed by atoms with Crippen LogP contribution in [0.15, 0.2) is 30.3 Å². The first-order valence-electron chi connectivity index (χ1n) is 12.7. The normalized spacial score (nSPS) is 14.0. The van der Waals surface area contributed by atoms with Crippen LogP contribution in [0.2, 0.25) is 0 Å². The molecule has 208 valence electrons. The molecule has 4 amide bonds. The lowest BCUT2D eigenvalue weighted by atomic mass is 10.00. The van der Waals surface area contributed by atoms with Crippen LogP contribution in [0.4, 0.5) is 4.79 Å². The molecule has 0 bridgehead atoms. The standard InChI is InChI=1S/C27H44N4O6/c1-17(2)13-20(23(28)32)29-24(33)21(14-18(3)4)30-25(34)22(31-26(35)37-27(5,6)7)16-36-15-19-11-9-8-10-12-19/h8-12,17-18,20-22H,13-16H2,1-7H3,(H2,28,32)(H,29,33)(H,30,34)(H,31,35)/t20-,21-,22+/m0/s1. The molecule has 5 N–H and O–H groups in total. The SMILES string of the molecule is CC(C)C[C@H](NC(=O)[C@H](CC(C)C)NC(=O)[C@@H](COCc1ccccc1)NC(=O)OC(C)(C)C)C(N)=O. The van der Waals surface area contributed by atoms with Gasteiger partial charge in [-0.15, -0.1) is 0 Å². The van der Waals surface area contributed by atoms with Crippen molar-refractivity contribution in [3.05, 3.63) is 35.9 Å². The number of nitrogens with one attached hydrogen (secondary N) is 3. The molecule has 0 aliphatic carbocycles. The fourth-order valence-electron chi connectivity index (χ4n) is 3.47. The molecule has 0 saturated carbocycles. The fourth-order valence-corrected chi connectivity index (χ4v) is 3.47. The van der Waals surface area contributed by atoms with E-state index in [0.717, 1.165) is 5.56 Å². The van der Waals surface area contributed by atoms with Crippen LogP contribution in [0.3, 0.4) is 0 Å². The topological polar surface area (TPSA) is 149 Å². The third-order valence-corrected chi connectivity index (χ3v) is 5.11. The van der Waals surface area contributed by atoms with Gasteiger partial charge < -0.3 is 31.2 Å². The van der Waals surface area contributed by atoms with Crippen molar-refractivity contribution < 1.29 is 28.7 Å². The van der Waals surface area contributed by atoms with Crippen LogP contribution in [-0.2, 0) is 30.5 Å². The minimum absolute atomic E-state index is 0.0553. The lowest BCUT2D eigenvalue weighted by Crippen LogP contribution is -2.58. The van der Waals surface area contributed by atoms with Gasteiger partial charge in [0.2, 0.25) is 17.7 Å². The van der Waals surface area contributed by atoms with Gasteiger partial charge in [-0.05, 0) is 51.0 Å². The number of rotatable bonds is 14. The van der Waals surface area contributed by atoms with Crippen LogP contribution in [-0.4, -0.2) is 54.1 Å². The van der Waals surface area contributed by atoms with Crippen molar-refractivity contribution in [2.24, 2.45) is 17.6 Å². The molecule has 37 heavy (non-hydrogen) atoms. The summed E-state index contributed by atoms with van der Waals surface area (Å²) in [4.78, 5) is 50.6. The molecule has 0 aromatic heterocycles. The van der Waals surface area contributed by atoms with Crippen LogP contribution in [0, 0.1) is 11.8 Å². The maximum atomic E-state index is 13.2. The Hall–Kier alpha value is -3.14. The Morgan fingerprint density at radius 3 is 1.84 bits per heavy atom. The largest absolute Gasteiger partial charge is 0.444 e. The van der Waals surface area contributed by atoms with Gasteiger partial charge in [0.15, 0.2) is 0 Å². The molecular formula is C27H44N4O6. The van der Waals surface area contributed by atoms with Gasteiger partial charge in [-0.25, -0.2) is 4.79 Å². The van der Waals surface area contributed by atoms with Crippen molar-refractivity contribution in [2.45, 2.75) is 91.6 Å². The van der Waals surface area contributed by atoms with Gasteiger partial charge in [0, 0.05) is 0 Å². The molecule has 0 aliphatic rings. The van der Waals surface area contributed by atoms with Gasteiger partial charge in [-0.1, -0.05) is 58.0 Å². The van der Waals surface area contributed by atoms with E-state index in [4.69, 9.17) is 15.2 Å². The van der Waals surface area contributed by atoms with Crippen molar-refractivity contribution >= 4 is 23.8 Å². The highest BCUT2D eigenvalue weighted by Gasteiger charge is 2.31. The molecule has 1 aromatic rings. The summed E-state index contributed by atoms with van der Waals surface area (Å²) in [5.41, 5.74) is 5.61. The number of carbonyl (C=O) groups is 4. The minimum atomic E-state index is -1.12. The van der Waals surface area contributed by atoms with E-state index in [0.29, 0.717) is 12.8 Å². The van der Waals surface area contributed by atoms with Gasteiger partial charge in [0.25, 0.3) is 0 Å². The van der Waals surface area contributed by atoms with Crippen molar-refractivity contribution in [3.8, 4) is 0 Å². The van der Waals surface area contributed by atoms with E-state index < -0.39 is 47.5 Å². The molecule has 0 spiro atoms. The van der Waals surface area contributed by atoms with Crippen molar-refractivity contribution in [3.63, 3.8) is 0 Å². The summed E-state index contributed by atoms with van der Waals surface area (Å²) in [6.07, 6.45) is -0.0968. The summed E-state index contributed by atoms with van der Waals surface area (Å²) < 4.78 is 11.0. The zero-order valence-electron chi connectivity index (χ0n) is 23.1. The molecule has 1 aromatic carbocycles. The number of carbonyl (C=O) groups excluding carboxylic acids is 4. The second-order valence-corrected chi connectivity index (χ2v) is 11.0. The Balaban J connectivity index is 3.00. The minimum Gasteiger partial charge on any atom is -0.444 e. The zero-order valence-corrected chi connectivity index (χ0v) is 23.1. The van der Waals surface area contributed by atoms with Crippen LogP contribution in [0.25, 0.3) is 0 Å². The van der Waals surface area contributed by atoms with Crippen molar-refractivity contribution in [1.82, 2.24) is 16.0 Å². The van der Waals surface area contributed by atoms with Gasteiger partial charge >= 0.3 is 6.09 Å². The van der Waals surface area contributed by atoms with E-state index in [1.54, 1.807) is 20.8 Å². The summed E-state index contributed by atoms with van der Waals surface area (Å²) >= 11 is 0. The highest BCUT2D eigenvalue weighted by atomic mass is 16.6. The third kappa shape index (κ3) is 13.7. The number of hydrogen-bond acceptors (Lipinski definition) is 6. The molecular weight excluding hydrogens is 476 g/mol. The first-order chi connectivity index (χ1) is 17.2. The van der Waals surface area contributed by atoms with Gasteiger partial charge in [0.05, 0.1) is 13.2 Å². The Labute approximate surface area is 220 Å². The Morgan fingerprint density at radius 2 is 1.32 bits per heavy atom. The summed E-state index contributed by atoms with van der Waals surface area (Å²) in [7, 11) is 0. The number of benzene rings is 1. The summed E-state index contributed by atoms with van der Waals surface area (Å²) in [6.45, 7) is 12.9. The molecule has 10 nitrogen and oxygen atoms in total. The van der Waals surface area contributed by atoms with E-state index in [-0.39, 0.29) is 25.0 Å². The van der Waals surface area contributed by atoms with Crippen LogP contribution < -0.4 is 21.7 Å². The number of nitrogens with two attached hydrogens (primary N) is 1. The number of primary amides is 1. The van der Waals surface area contributed by atoms with E-state index in [1.807, 2.05) is 58.0 Å². The van der Waals surface area contributed by atoms with Gasteiger partial charge in [0.1, 0.15) is 23.7 Å². The van der Waals surface area contributed by atoms with E-state index in [2.05, 4.69) is 16.0 Å². The monoisotopic (exact) mass is 520 g/mol. The summed E-state index contributed by atoms with van der Waals surface area (Å²) in [5, 5.41) is 7.91. The Kier molecular flexibility index (Phi) is 13.1. The predicted octanol–water partition coefficient (Wildman–Crippen LogP) is 2.64. The molecule has 3 atom stereocenters. The smallest absolute Gasteiger partial charge is 0.408 e. The molecule has 0 heterocycles. The second kappa shape index (κ2) is 15.2. The Morgan fingerprint density at radius 1 is 0.811 bits per heavy atom. The Bertz CT molecular complexity index is 883. The molecule has 0 aliphatic heterocycles. The van der Waals surface area contributed by atoms with E-state index in [9.17, 15) is 19.2 Å². The predicted molar refractivity (Wildman–Crippen MR) is 141 cm³/mol. The number of ether oxygens (including phenoxy) is 2. The van der Waals surface area contributed by atoms with Crippen LogP contribution in [0.1, 0.15) is 66.9 Å². The molecule has 10 heteroatoms. The quantitative estimate of drug-likeness (QED) is 0.296. The van der Waals surface area contributed by atoms with Gasteiger partial charge in [-0.3, -0.25) is 14.4 Å². The lowest BCUT2D eigenvalue weighted by Gasteiger charge is -2.27. The number of alkyl carbamates (subject to hydrolysis) is 1. The first kappa shape index (κ1) is 31.9. The average molecular weight is 521 g/mol. The highest BCUT2D eigenvalue weighted by molar-refractivity contribution is 5.93. The maximum absolute atomic E-state index is 13.2. The molecule has 0 unspecified atom stereocenters. The van der Waals surface area contributed by atoms with E-state index in [1.165, 1.54) is 0 Å². The molecule has 0 fully saturated rings. The maximum Gasteiger partial charge on any atom is 0.408 e. The van der Waals surface area contributed by atoms with E-state index >= 15 is 0 Å². The lowest BCUT2D eigenvalue weighted by molar-refractivity contribution is -0.133. The summed E-state index contributed by atoms with van der Waals surface area (Å²) in [5.74, 6) is -1.60. The molecule has 0 saturated heterocycles. The van der Waals surface area contributed by atoms with Gasteiger partial charge in [-0.2, -0.15) is 0 Å². The second-order valence-electron chi connectivity index (χ2n) is 11.0. The average Bonchev–Trinajstić information content (AvgIpc) is 2.76. The first-order valence-corrected chi connectivity index (χ1v) is 12.7. The fraction of sp³-hybridized carbons (Fsp3) is 0.630. The summed E-state index contributed by atoms with van der Waals surface area (Å²) in [6, 6.07) is 6.46. The molecule has 1 rings (SSSR count). The third-order valence-electron chi connectivity index (χ3n) is 5.11. The number of amides is 4. The molecule has 0 radical (unpaired) electrons. The van der Waals surface area contributed by atoms with Crippen LogP contribution in [0.5, 0.6) is 0 Å². The highest BCUT2D eigenvalue weighted by Crippen LogP contribution is 2.10.